The molecule has 1 saturated carbocycles. The van der Waals surface area contributed by atoms with Crippen LogP contribution in [0.4, 0.5) is 0 Å². The summed E-state index contributed by atoms with van der Waals surface area (Å²) in [5.41, 5.74) is 0.404. The number of nitriles is 1. The van der Waals surface area contributed by atoms with Crippen LogP contribution in [0, 0.1) is 16.7 Å². The summed E-state index contributed by atoms with van der Waals surface area (Å²) in [4.78, 5) is 2.46. The van der Waals surface area contributed by atoms with E-state index in [1.807, 2.05) is 0 Å². The molecule has 0 spiro atoms. The monoisotopic (exact) mass is 254 g/mol. The molecular weight excluding hydrogens is 228 g/mol. The Hall–Kier alpha value is -0.200. The van der Waals surface area contributed by atoms with Crippen LogP contribution in [0.25, 0.3) is 0 Å². The van der Waals surface area contributed by atoms with Gasteiger partial charge in [0.25, 0.3) is 0 Å². The van der Waals surface area contributed by atoms with Gasteiger partial charge in [-0.1, -0.05) is 19.3 Å². The fraction of sp³-hybridized carbons (Fsp3) is 0.929. The molecule has 0 aromatic rings. The van der Waals surface area contributed by atoms with Crippen LogP contribution in [0.3, 0.4) is 0 Å². The van der Waals surface area contributed by atoms with Gasteiger partial charge in [-0.3, -0.25) is 4.90 Å². The first kappa shape index (κ1) is 14.9. The van der Waals surface area contributed by atoms with Crippen molar-refractivity contribution < 1.29 is 0 Å². The normalized spacial score (nSPS) is 19.5. The molecule has 0 aromatic carbocycles. The Morgan fingerprint density at radius 1 is 1.29 bits per heavy atom. The van der Waals surface area contributed by atoms with E-state index in [2.05, 4.69) is 37.4 Å². The van der Waals surface area contributed by atoms with Gasteiger partial charge in [0.2, 0.25) is 0 Å². The molecule has 0 bridgehead atoms. The van der Waals surface area contributed by atoms with Crippen LogP contribution in [0.15, 0.2) is 0 Å². The van der Waals surface area contributed by atoms with E-state index in [9.17, 15) is 0 Å². The molecule has 98 valence electrons. The van der Waals surface area contributed by atoms with Gasteiger partial charge in [0.1, 0.15) is 0 Å². The third kappa shape index (κ3) is 4.52. The molecule has 0 unspecified atom stereocenters. The van der Waals surface area contributed by atoms with Gasteiger partial charge in [-0.05, 0) is 37.9 Å². The van der Waals surface area contributed by atoms with Gasteiger partial charge in [-0.25, -0.2) is 0 Å². The zero-order valence-electron chi connectivity index (χ0n) is 11.3. The summed E-state index contributed by atoms with van der Waals surface area (Å²) in [5.74, 6) is 0.989. The smallest absolute Gasteiger partial charge is 0.0635 e. The molecule has 0 radical (unpaired) electrons. The van der Waals surface area contributed by atoms with E-state index in [0.717, 1.165) is 18.8 Å². The average molecular weight is 254 g/mol. The van der Waals surface area contributed by atoms with Gasteiger partial charge in [0, 0.05) is 25.6 Å². The molecule has 2 nitrogen and oxygen atoms in total. The first-order chi connectivity index (χ1) is 8.13. The van der Waals surface area contributed by atoms with Gasteiger partial charge in [0.15, 0.2) is 0 Å². The van der Waals surface area contributed by atoms with Crippen LogP contribution >= 0.6 is 12.6 Å². The molecule has 0 N–H and O–H groups in total. The molecule has 1 aliphatic carbocycles. The Bertz CT molecular complexity index is 251. The summed E-state index contributed by atoms with van der Waals surface area (Å²) < 4.78 is 0. The van der Waals surface area contributed by atoms with E-state index in [1.54, 1.807) is 0 Å². The van der Waals surface area contributed by atoms with Crippen LogP contribution in [0.5, 0.6) is 0 Å². The second kappa shape index (κ2) is 7.28. The van der Waals surface area contributed by atoms with E-state index in [0.29, 0.717) is 17.9 Å². The van der Waals surface area contributed by atoms with Crippen molar-refractivity contribution in [2.75, 3.05) is 18.8 Å². The first-order valence-corrected chi connectivity index (χ1v) is 7.49. The third-order valence-corrected chi connectivity index (χ3v) is 4.70. The third-order valence-electron chi connectivity index (χ3n) is 4.03. The lowest BCUT2D eigenvalue weighted by molar-refractivity contribution is 0.105. The first-order valence-electron chi connectivity index (χ1n) is 6.85. The summed E-state index contributed by atoms with van der Waals surface area (Å²) in [6.07, 6.45) is 7.35. The predicted molar refractivity (Wildman–Crippen MR) is 76.3 cm³/mol. The minimum Gasteiger partial charge on any atom is -0.299 e. The second-order valence-corrected chi connectivity index (χ2v) is 6.01. The molecule has 1 rings (SSSR count). The largest absolute Gasteiger partial charge is 0.299 e. The summed E-state index contributed by atoms with van der Waals surface area (Å²) >= 11 is 4.59. The topological polar surface area (TPSA) is 27.0 Å². The van der Waals surface area contributed by atoms with Crippen molar-refractivity contribution in [3.8, 4) is 6.07 Å². The summed E-state index contributed by atoms with van der Waals surface area (Å²) in [6.45, 7) is 6.48. The fourth-order valence-corrected chi connectivity index (χ4v) is 3.23. The highest BCUT2D eigenvalue weighted by Gasteiger charge is 2.33. The number of rotatable bonds is 6. The maximum Gasteiger partial charge on any atom is 0.0635 e. The minimum absolute atomic E-state index is 0.404. The Labute approximate surface area is 112 Å². The molecule has 1 fully saturated rings. The van der Waals surface area contributed by atoms with Crippen LogP contribution in [0.2, 0.25) is 0 Å². The fourth-order valence-electron chi connectivity index (χ4n) is 2.81. The maximum absolute atomic E-state index is 8.73. The van der Waals surface area contributed by atoms with Gasteiger partial charge in [0.05, 0.1) is 6.07 Å². The van der Waals surface area contributed by atoms with Crippen molar-refractivity contribution in [3.05, 3.63) is 0 Å². The van der Waals surface area contributed by atoms with Gasteiger partial charge in [-0.2, -0.15) is 17.9 Å². The second-order valence-electron chi connectivity index (χ2n) is 5.69. The Kier molecular flexibility index (Phi) is 6.37. The van der Waals surface area contributed by atoms with Crippen molar-refractivity contribution >= 4 is 12.6 Å². The van der Waals surface area contributed by atoms with Crippen molar-refractivity contribution in [1.82, 2.24) is 4.90 Å². The zero-order valence-corrected chi connectivity index (χ0v) is 12.2. The maximum atomic E-state index is 8.73. The Morgan fingerprint density at radius 3 is 2.41 bits per heavy atom. The minimum atomic E-state index is 0.404. The molecule has 3 heteroatoms. The molecule has 1 aliphatic rings. The van der Waals surface area contributed by atoms with Crippen molar-refractivity contribution in [2.45, 2.75) is 58.4 Å². The molecular formula is C14H26N2S. The number of thiol groups is 1. The van der Waals surface area contributed by atoms with Crippen LogP contribution in [-0.4, -0.2) is 29.8 Å². The van der Waals surface area contributed by atoms with Crippen LogP contribution in [0.1, 0.15) is 52.4 Å². The Morgan fingerprint density at radius 2 is 1.94 bits per heavy atom. The van der Waals surface area contributed by atoms with E-state index in [1.165, 1.54) is 32.1 Å². The molecule has 0 amide bonds. The SMILES string of the molecule is CC(C)N(CCC#N)CC1(CS)CCCCC1. The quantitative estimate of drug-likeness (QED) is 0.735. The number of hydrogen-bond donors (Lipinski definition) is 1. The van der Waals surface area contributed by atoms with E-state index >= 15 is 0 Å². The standard InChI is InChI=1S/C14H26N2S/c1-13(2)16(10-6-9-15)11-14(12-17)7-4-3-5-8-14/h13,17H,3-8,10-12H2,1-2H3. The Balaban J connectivity index is 2.59. The summed E-state index contributed by atoms with van der Waals surface area (Å²) in [6, 6.07) is 2.79. The van der Waals surface area contributed by atoms with Crippen LogP contribution < -0.4 is 0 Å². The average Bonchev–Trinajstić information content (AvgIpc) is 2.35. The lowest BCUT2D eigenvalue weighted by Crippen LogP contribution is -2.44. The molecule has 0 aliphatic heterocycles. The highest BCUT2D eigenvalue weighted by molar-refractivity contribution is 7.80. The molecule has 0 atom stereocenters. The van der Waals surface area contributed by atoms with E-state index in [4.69, 9.17) is 5.26 Å². The lowest BCUT2D eigenvalue weighted by atomic mass is 9.75. The molecule has 0 saturated heterocycles. The molecule has 0 heterocycles. The number of nitrogens with zero attached hydrogens (tertiary/aromatic N) is 2. The lowest BCUT2D eigenvalue weighted by Gasteiger charge is -2.41. The van der Waals surface area contributed by atoms with Gasteiger partial charge in [-0.15, -0.1) is 0 Å². The van der Waals surface area contributed by atoms with Crippen molar-refractivity contribution in [1.29, 1.82) is 5.26 Å². The highest BCUT2D eigenvalue weighted by Crippen LogP contribution is 2.38. The molecule has 17 heavy (non-hydrogen) atoms. The van der Waals surface area contributed by atoms with Crippen LogP contribution in [-0.2, 0) is 0 Å². The summed E-state index contributed by atoms with van der Waals surface area (Å²) in [5, 5.41) is 8.73. The number of hydrogen-bond acceptors (Lipinski definition) is 3. The zero-order chi connectivity index (χ0) is 12.7. The van der Waals surface area contributed by atoms with Gasteiger partial charge >= 0.3 is 0 Å². The van der Waals surface area contributed by atoms with E-state index in [-0.39, 0.29) is 0 Å². The molecule has 0 aromatic heterocycles. The van der Waals surface area contributed by atoms with Crippen molar-refractivity contribution in [3.63, 3.8) is 0 Å². The van der Waals surface area contributed by atoms with E-state index < -0.39 is 0 Å². The van der Waals surface area contributed by atoms with Crippen molar-refractivity contribution in [2.24, 2.45) is 5.41 Å². The predicted octanol–water partition coefficient (Wildman–Crippen LogP) is 3.49. The summed E-state index contributed by atoms with van der Waals surface area (Å²) in [7, 11) is 0. The highest BCUT2D eigenvalue weighted by atomic mass is 32.1. The van der Waals surface area contributed by atoms with Gasteiger partial charge < -0.3 is 0 Å².